The van der Waals surface area contributed by atoms with Gasteiger partial charge in [-0.25, -0.2) is 0 Å². The van der Waals surface area contributed by atoms with Crippen LogP contribution in [-0.4, -0.2) is 17.0 Å². The number of carboxylic acids is 1. The van der Waals surface area contributed by atoms with E-state index in [0.29, 0.717) is 22.9 Å². The molecule has 0 aliphatic rings. The lowest BCUT2D eigenvalue weighted by Gasteiger charge is -2.15. The first-order chi connectivity index (χ1) is 14.0. The van der Waals surface area contributed by atoms with Gasteiger partial charge in [-0.3, -0.25) is 9.59 Å². The fraction of sp³-hybridized carbons (Fsp3) is 0.130. The predicted molar refractivity (Wildman–Crippen MR) is 112 cm³/mol. The second-order valence-electron chi connectivity index (χ2n) is 6.65. The van der Waals surface area contributed by atoms with Crippen LogP contribution in [0.1, 0.15) is 24.3 Å². The summed E-state index contributed by atoms with van der Waals surface area (Å²) in [5, 5.41) is 12.0. The molecular weight excluding hydrogens is 368 g/mol. The molecule has 0 spiro atoms. The third-order valence-corrected chi connectivity index (χ3v) is 4.38. The lowest BCUT2D eigenvalue weighted by Crippen LogP contribution is -2.17. The molecule has 1 unspecified atom stereocenters. The van der Waals surface area contributed by atoms with Crippen molar-refractivity contribution in [2.24, 2.45) is 0 Å². The summed E-state index contributed by atoms with van der Waals surface area (Å²) >= 11 is 0. The van der Waals surface area contributed by atoms with Crippen LogP contribution in [0.3, 0.4) is 0 Å². The first-order valence-corrected chi connectivity index (χ1v) is 9.19. The van der Waals surface area contributed by atoms with Gasteiger partial charge in [0.2, 0.25) is 5.91 Å². The van der Waals surface area contributed by atoms with Crippen molar-refractivity contribution >= 4 is 23.3 Å². The van der Waals surface area contributed by atoms with Crippen molar-refractivity contribution in [3.63, 3.8) is 0 Å². The highest BCUT2D eigenvalue weighted by Crippen LogP contribution is 2.26. The first kappa shape index (κ1) is 19.9. The summed E-state index contributed by atoms with van der Waals surface area (Å²) in [6.45, 7) is 0. The van der Waals surface area contributed by atoms with E-state index in [-0.39, 0.29) is 24.7 Å². The van der Waals surface area contributed by atoms with E-state index in [1.807, 2.05) is 30.3 Å². The van der Waals surface area contributed by atoms with E-state index in [9.17, 15) is 9.59 Å². The molecule has 4 N–H and O–H groups in total. The maximum atomic E-state index is 12.4. The number of nitrogens with two attached hydrogens (primary N) is 1. The first-order valence-electron chi connectivity index (χ1n) is 9.19. The molecule has 6 nitrogen and oxygen atoms in total. The molecule has 148 valence electrons. The fourth-order valence-electron chi connectivity index (χ4n) is 2.96. The molecule has 0 heterocycles. The topological polar surface area (TPSA) is 102 Å². The van der Waals surface area contributed by atoms with Crippen LogP contribution in [0.4, 0.5) is 11.4 Å². The molecule has 1 amide bonds. The number of nitrogen functional groups attached to an aromatic ring is 1. The van der Waals surface area contributed by atoms with E-state index >= 15 is 0 Å². The van der Waals surface area contributed by atoms with Gasteiger partial charge in [-0.2, -0.15) is 0 Å². The largest absolute Gasteiger partial charge is 0.481 e. The molecule has 0 aliphatic carbocycles. The minimum Gasteiger partial charge on any atom is -0.481 e. The quantitative estimate of drug-likeness (QED) is 0.486. The zero-order chi connectivity index (χ0) is 20.6. The summed E-state index contributed by atoms with van der Waals surface area (Å²) in [5.74, 6) is -0.277. The molecule has 0 aromatic heterocycles. The van der Waals surface area contributed by atoms with Crippen molar-refractivity contribution < 1.29 is 19.4 Å². The third kappa shape index (κ3) is 6.10. The zero-order valence-corrected chi connectivity index (χ0v) is 15.7. The molecule has 0 aliphatic heterocycles. The van der Waals surface area contributed by atoms with Crippen LogP contribution >= 0.6 is 0 Å². The van der Waals surface area contributed by atoms with Crippen LogP contribution in [0.2, 0.25) is 0 Å². The Labute approximate surface area is 168 Å². The van der Waals surface area contributed by atoms with Crippen LogP contribution < -0.4 is 15.8 Å². The number of ether oxygens (including phenoxy) is 1. The molecule has 3 aromatic carbocycles. The van der Waals surface area contributed by atoms with Crippen LogP contribution in [0, 0.1) is 0 Å². The number of hydrogen-bond donors (Lipinski definition) is 3. The van der Waals surface area contributed by atoms with Crippen molar-refractivity contribution in [2.45, 2.75) is 18.8 Å². The van der Waals surface area contributed by atoms with Gasteiger partial charge in [-0.15, -0.1) is 0 Å². The Hall–Kier alpha value is -3.80. The van der Waals surface area contributed by atoms with Crippen molar-refractivity contribution in [3.05, 3.63) is 84.4 Å². The number of aliphatic carboxylic acids is 1. The van der Waals surface area contributed by atoms with E-state index in [2.05, 4.69) is 5.32 Å². The highest BCUT2D eigenvalue weighted by molar-refractivity contribution is 5.91. The Morgan fingerprint density at radius 1 is 0.862 bits per heavy atom. The molecule has 29 heavy (non-hydrogen) atoms. The number of amides is 1. The summed E-state index contributed by atoms with van der Waals surface area (Å²) in [5.41, 5.74) is 7.76. The van der Waals surface area contributed by atoms with Crippen LogP contribution in [0.15, 0.2) is 78.9 Å². The number of anilines is 2. The van der Waals surface area contributed by atoms with Crippen LogP contribution in [0.5, 0.6) is 11.5 Å². The summed E-state index contributed by atoms with van der Waals surface area (Å²) in [4.78, 5) is 23.6. The Morgan fingerprint density at radius 2 is 1.45 bits per heavy atom. The second-order valence-corrected chi connectivity index (χ2v) is 6.65. The van der Waals surface area contributed by atoms with E-state index < -0.39 is 5.97 Å². The van der Waals surface area contributed by atoms with E-state index in [4.69, 9.17) is 15.6 Å². The minimum atomic E-state index is -0.934. The number of carbonyl (C=O) groups excluding carboxylic acids is 1. The van der Waals surface area contributed by atoms with Gasteiger partial charge in [0.1, 0.15) is 11.5 Å². The van der Waals surface area contributed by atoms with Gasteiger partial charge in [0.15, 0.2) is 0 Å². The lowest BCUT2D eigenvalue weighted by atomic mass is 9.92. The van der Waals surface area contributed by atoms with Gasteiger partial charge in [0.05, 0.1) is 6.42 Å². The molecular formula is C23H22N2O4. The summed E-state index contributed by atoms with van der Waals surface area (Å²) in [6, 6.07) is 23.2. The molecule has 0 saturated carbocycles. The van der Waals surface area contributed by atoms with E-state index in [0.717, 1.165) is 5.56 Å². The molecule has 0 fully saturated rings. The molecule has 0 radical (unpaired) electrons. The molecule has 3 aromatic rings. The summed E-state index contributed by atoms with van der Waals surface area (Å²) in [7, 11) is 0. The Kier molecular flexibility index (Phi) is 6.47. The maximum absolute atomic E-state index is 12.4. The SMILES string of the molecule is Nc1ccc(Oc2ccc(NC(=O)CC(CC(=O)O)c3ccccc3)cc2)cc1. The van der Waals surface area contributed by atoms with Crippen LogP contribution in [-0.2, 0) is 9.59 Å². The minimum absolute atomic E-state index is 0.0833. The molecule has 0 saturated heterocycles. The highest BCUT2D eigenvalue weighted by atomic mass is 16.5. The highest BCUT2D eigenvalue weighted by Gasteiger charge is 2.19. The normalized spacial score (nSPS) is 11.4. The Balaban J connectivity index is 1.60. The molecule has 1 atom stereocenters. The van der Waals surface area contributed by atoms with Crippen molar-refractivity contribution in [1.82, 2.24) is 0 Å². The monoisotopic (exact) mass is 390 g/mol. The summed E-state index contributed by atoms with van der Waals surface area (Å²) < 4.78 is 5.73. The van der Waals surface area contributed by atoms with Crippen molar-refractivity contribution in [2.75, 3.05) is 11.1 Å². The standard InChI is InChI=1S/C23H22N2O4/c24-18-6-10-20(11-7-18)29-21-12-8-19(9-13-21)25-22(26)14-17(15-23(27)28)16-4-2-1-3-5-16/h1-13,17H,14-15,24H2,(H,25,26)(H,27,28). The van der Waals surface area contributed by atoms with Gasteiger partial charge >= 0.3 is 5.97 Å². The van der Waals surface area contributed by atoms with Crippen LogP contribution in [0.25, 0.3) is 0 Å². The van der Waals surface area contributed by atoms with Gasteiger partial charge in [0.25, 0.3) is 0 Å². The third-order valence-electron chi connectivity index (χ3n) is 4.38. The Bertz CT molecular complexity index is 954. The Morgan fingerprint density at radius 3 is 2.03 bits per heavy atom. The molecule has 6 heteroatoms. The van der Waals surface area contributed by atoms with Gasteiger partial charge < -0.3 is 20.9 Å². The smallest absolute Gasteiger partial charge is 0.303 e. The molecule has 3 rings (SSSR count). The van der Waals surface area contributed by atoms with Gasteiger partial charge in [-0.05, 0) is 54.1 Å². The van der Waals surface area contributed by atoms with E-state index in [1.54, 1.807) is 48.5 Å². The number of carbonyl (C=O) groups is 2. The number of carboxylic acid groups (broad SMARTS) is 1. The summed E-state index contributed by atoms with van der Waals surface area (Å²) in [6.07, 6.45) is -0.0220. The maximum Gasteiger partial charge on any atom is 0.303 e. The number of benzene rings is 3. The van der Waals surface area contributed by atoms with E-state index in [1.165, 1.54) is 0 Å². The average molecular weight is 390 g/mol. The number of nitrogens with one attached hydrogen (secondary N) is 1. The second kappa shape index (κ2) is 9.41. The zero-order valence-electron chi connectivity index (χ0n) is 15.7. The number of rotatable bonds is 8. The fourth-order valence-corrected chi connectivity index (χ4v) is 2.96. The molecule has 0 bridgehead atoms. The predicted octanol–water partition coefficient (Wildman–Crippen LogP) is 4.65. The van der Waals surface area contributed by atoms with Crippen molar-refractivity contribution in [1.29, 1.82) is 0 Å². The van der Waals surface area contributed by atoms with Crippen molar-refractivity contribution in [3.8, 4) is 11.5 Å². The number of hydrogen-bond acceptors (Lipinski definition) is 4. The van der Waals surface area contributed by atoms with Gasteiger partial charge in [0, 0.05) is 23.7 Å². The average Bonchev–Trinajstić information content (AvgIpc) is 2.71. The van der Waals surface area contributed by atoms with Gasteiger partial charge in [-0.1, -0.05) is 30.3 Å². The lowest BCUT2D eigenvalue weighted by molar-refractivity contribution is -0.137.